The van der Waals surface area contributed by atoms with Crippen molar-refractivity contribution in [3.05, 3.63) is 24.3 Å². The lowest BCUT2D eigenvalue weighted by atomic mass is 9.69. The molecule has 2 fully saturated rings. The molecule has 1 aromatic rings. The van der Waals surface area contributed by atoms with Crippen molar-refractivity contribution in [3.8, 4) is 0 Å². The van der Waals surface area contributed by atoms with E-state index in [1.807, 2.05) is 0 Å². The maximum absolute atomic E-state index is 3.85. The van der Waals surface area contributed by atoms with E-state index in [1.54, 1.807) is 0 Å². The molecule has 1 aliphatic heterocycles. The summed E-state index contributed by atoms with van der Waals surface area (Å²) in [4.78, 5) is 1.80. The average molecular weight is 259 g/mol. The third-order valence-corrected chi connectivity index (χ3v) is 6.57. The normalized spacial score (nSPS) is 38.0. The molecule has 1 N–H and O–H groups in total. The van der Waals surface area contributed by atoms with Crippen molar-refractivity contribution in [1.29, 1.82) is 0 Å². The number of hydrogen-bond donors (Lipinski definition) is 1. The maximum Gasteiger partial charge on any atom is 0.0883 e. The molecule has 96 valence electrons. The number of rotatable bonds is 0. The monoisotopic (exact) mass is 259 g/mol. The van der Waals surface area contributed by atoms with Crippen LogP contribution in [0, 0.1) is 11.8 Å². The number of thioether (sulfide) groups is 1. The fourth-order valence-electron chi connectivity index (χ4n) is 4.22. The van der Waals surface area contributed by atoms with Gasteiger partial charge in [0.1, 0.15) is 0 Å². The van der Waals surface area contributed by atoms with Gasteiger partial charge in [0.2, 0.25) is 0 Å². The largest absolute Gasteiger partial charge is 0.369 e. The minimum atomic E-state index is 0.336. The lowest BCUT2D eigenvalue weighted by molar-refractivity contribution is 0.153. The summed E-state index contributed by atoms with van der Waals surface area (Å²) in [6, 6.07) is 8.83. The van der Waals surface area contributed by atoms with Gasteiger partial charge in [0, 0.05) is 10.6 Å². The fraction of sp³-hybridized carbons (Fsp3) is 0.625. The summed E-state index contributed by atoms with van der Waals surface area (Å²) in [5.74, 6) is 2.03. The van der Waals surface area contributed by atoms with Gasteiger partial charge in [-0.3, -0.25) is 0 Å². The van der Waals surface area contributed by atoms with Gasteiger partial charge in [-0.05, 0) is 43.2 Å². The molecule has 2 heteroatoms. The van der Waals surface area contributed by atoms with Crippen LogP contribution in [0.1, 0.15) is 44.9 Å². The molecule has 18 heavy (non-hydrogen) atoms. The van der Waals surface area contributed by atoms with E-state index in [0.29, 0.717) is 4.87 Å². The van der Waals surface area contributed by atoms with Crippen LogP contribution in [0.4, 0.5) is 5.69 Å². The highest BCUT2D eigenvalue weighted by Crippen LogP contribution is 2.56. The van der Waals surface area contributed by atoms with Crippen molar-refractivity contribution in [2.75, 3.05) is 5.32 Å². The first kappa shape index (κ1) is 11.2. The summed E-state index contributed by atoms with van der Waals surface area (Å²) in [6.45, 7) is 0. The second-order valence-corrected chi connectivity index (χ2v) is 7.69. The van der Waals surface area contributed by atoms with Crippen LogP contribution in [0.5, 0.6) is 0 Å². The second-order valence-electron chi connectivity index (χ2n) is 6.26. The van der Waals surface area contributed by atoms with Crippen molar-refractivity contribution < 1.29 is 0 Å². The number of para-hydroxylation sites is 1. The summed E-state index contributed by atoms with van der Waals surface area (Å²) in [6.07, 6.45) is 10.1. The Labute approximate surface area is 114 Å². The Balaban J connectivity index is 1.57. The average Bonchev–Trinajstić information content (AvgIpc) is 2.76. The lowest BCUT2D eigenvalue weighted by Crippen LogP contribution is -2.41. The van der Waals surface area contributed by atoms with E-state index in [0.717, 1.165) is 11.8 Å². The van der Waals surface area contributed by atoms with Crippen molar-refractivity contribution in [3.63, 3.8) is 0 Å². The Morgan fingerprint density at radius 3 is 2.78 bits per heavy atom. The molecule has 0 bridgehead atoms. The van der Waals surface area contributed by atoms with Gasteiger partial charge in [-0.1, -0.05) is 49.6 Å². The predicted octanol–water partition coefficient (Wildman–Crippen LogP) is 4.89. The first-order valence-electron chi connectivity index (χ1n) is 7.41. The van der Waals surface area contributed by atoms with Gasteiger partial charge in [0.05, 0.1) is 4.87 Å². The fourth-order valence-corrected chi connectivity index (χ4v) is 5.70. The molecule has 0 radical (unpaired) electrons. The summed E-state index contributed by atoms with van der Waals surface area (Å²) in [5.41, 5.74) is 1.37. The smallest absolute Gasteiger partial charge is 0.0883 e. The molecule has 1 spiro atoms. The highest BCUT2D eigenvalue weighted by molar-refractivity contribution is 8.01. The zero-order valence-electron chi connectivity index (χ0n) is 10.8. The van der Waals surface area contributed by atoms with Gasteiger partial charge in [0.15, 0.2) is 0 Å². The molecule has 0 aromatic heterocycles. The molecule has 1 aromatic carbocycles. The number of anilines is 1. The molecule has 0 unspecified atom stereocenters. The van der Waals surface area contributed by atoms with E-state index in [2.05, 4.69) is 41.3 Å². The number of hydrogen-bond acceptors (Lipinski definition) is 2. The molecule has 1 heterocycles. The topological polar surface area (TPSA) is 12.0 Å². The SMILES string of the molecule is c1ccc2c(c1)N[C@@]1(CC[C@@H]3CCCC[C@H]3C1)S2. The number of nitrogens with one attached hydrogen (secondary N) is 1. The zero-order valence-corrected chi connectivity index (χ0v) is 11.6. The number of benzene rings is 1. The molecule has 1 nitrogen and oxygen atoms in total. The molecule has 2 saturated carbocycles. The molecule has 0 saturated heterocycles. The summed E-state index contributed by atoms with van der Waals surface area (Å²) in [7, 11) is 0. The van der Waals surface area contributed by atoms with Crippen LogP contribution in [0.15, 0.2) is 29.2 Å². The molecule has 4 rings (SSSR count). The zero-order chi connectivity index (χ0) is 12.0. The Hall–Kier alpha value is -0.630. The second kappa shape index (κ2) is 4.19. The summed E-state index contributed by atoms with van der Waals surface area (Å²) in [5, 5.41) is 3.85. The van der Waals surface area contributed by atoms with Crippen LogP contribution >= 0.6 is 11.8 Å². The maximum atomic E-state index is 3.85. The molecule has 2 aliphatic carbocycles. The Morgan fingerprint density at radius 1 is 1.06 bits per heavy atom. The van der Waals surface area contributed by atoms with E-state index >= 15 is 0 Å². The molecule has 3 aliphatic rings. The summed E-state index contributed by atoms with van der Waals surface area (Å²) >= 11 is 2.10. The predicted molar refractivity (Wildman–Crippen MR) is 78.0 cm³/mol. The van der Waals surface area contributed by atoms with Crippen LogP contribution in [0.2, 0.25) is 0 Å². The third-order valence-electron chi connectivity index (χ3n) is 5.13. The van der Waals surface area contributed by atoms with Gasteiger partial charge in [0.25, 0.3) is 0 Å². The van der Waals surface area contributed by atoms with E-state index in [-0.39, 0.29) is 0 Å². The highest BCUT2D eigenvalue weighted by Gasteiger charge is 2.45. The van der Waals surface area contributed by atoms with E-state index in [1.165, 1.54) is 55.5 Å². The van der Waals surface area contributed by atoms with Crippen LogP contribution < -0.4 is 5.32 Å². The Kier molecular flexibility index (Phi) is 2.61. The molecule has 0 amide bonds. The first-order chi connectivity index (χ1) is 8.85. The highest BCUT2D eigenvalue weighted by atomic mass is 32.2. The third kappa shape index (κ3) is 1.77. The first-order valence-corrected chi connectivity index (χ1v) is 8.23. The van der Waals surface area contributed by atoms with Crippen molar-refractivity contribution in [2.45, 2.75) is 54.7 Å². The Bertz CT molecular complexity index is 431. The molecular formula is C16H21NS. The van der Waals surface area contributed by atoms with Crippen molar-refractivity contribution >= 4 is 17.4 Å². The van der Waals surface area contributed by atoms with Crippen LogP contribution in [-0.2, 0) is 0 Å². The molecule has 3 atom stereocenters. The van der Waals surface area contributed by atoms with Crippen LogP contribution in [0.3, 0.4) is 0 Å². The van der Waals surface area contributed by atoms with Gasteiger partial charge in [-0.2, -0.15) is 0 Å². The standard InChI is InChI=1S/C16H21NS/c1-2-6-13-11-16(10-9-12(13)5-1)17-14-7-3-4-8-15(14)18-16/h3-4,7-8,12-13,17H,1-2,5-6,9-11H2/t12-,13-,16-/m0/s1. The number of fused-ring (bicyclic) bond motifs is 2. The molecular weight excluding hydrogens is 238 g/mol. The van der Waals surface area contributed by atoms with Gasteiger partial charge >= 0.3 is 0 Å². The van der Waals surface area contributed by atoms with Crippen LogP contribution in [-0.4, -0.2) is 4.87 Å². The van der Waals surface area contributed by atoms with Gasteiger partial charge in [-0.15, -0.1) is 0 Å². The van der Waals surface area contributed by atoms with E-state index in [9.17, 15) is 0 Å². The van der Waals surface area contributed by atoms with Crippen LogP contribution in [0.25, 0.3) is 0 Å². The lowest BCUT2D eigenvalue weighted by Gasteiger charge is -2.44. The van der Waals surface area contributed by atoms with Crippen molar-refractivity contribution in [1.82, 2.24) is 0 Å². The van der Waals surface area contributed by atoms with Crippen molar-refractivity contribution in [2.24, 2.45) is 11.8 Å². The quantitative estimate of drug-likeness (QED) is 0.712. The summed E-state index contributed by atoms with van der Waals surface area (Å²) < 4.78 is 0. The van der Waals surface area contributed by atoms with Gasteiger partial charge in [-0.25, -0.2) is 0 Å². The van der Waals surface area contributed by atoms with E-state index < -0.39 is 0 Å². The minimum Gasteiger partial charge on any atom is -0.369 e. The van der Waals surface area contributed by atoms with E-state index in [4.69, 9.17) is 0 Å². The minimum absolute atomic E-state index is 0.336. The van der Waals surface area contributed by atoms with Gasteiger partial charge < -0.3 is 5.32 Å². The Morgan fingerprint density at radius 2 is 1.89 bits per heavy atom.